The maximum atomic E-state index is 12.4. The van der Waals surface area contributed by atoms with E-state index >= 15 is 0 Å². The van der Waals surface area contributed by atoms with E-state index in [4.69, 9.17) is 34.8 Å². The highest BCUT2D eigenvalue weighted by Crippen LogP contribution is 2.34. The predicted molar refractivity (Wildman–Crippen MR) is 103 cm³/mol. The molecule has 6 nitrogen and oxygen atoms in total. The fraction of sp³-hybridized carbons (Fsp3) is 0.400. The normalized spacial score (nSPS) is 12.2. The van der Waals surface area contributed by atoms with Gasteiger partial charge in [-0.05, 0) is 25.5 Å². The fourth-order valence-corrected chi connectivity index (χ4v) is 3.80. The minimum Gasteiger partial charge on any atom is -0.323 e. The number of benzene rings is 1. The number of aromatic amines is 1. The number of amides is 1. The molecular formula is C15H17Cl3N4O2S. The fourth-order valence-electron chi connectivity index (χ4n) is 2.00. The maximum Gasteiger partial charge on any atom is 0.343 e. The number of thioether (sulfide) groups is 1. The lowest BCUT2D eigenvalue weighted by molar-refractivity contribution is -0.115. The SMILES string of the molecule is CCCCn1c(SC(C)C(=O)Nc2c(Cl)cc(Cl)cc2Cl)n[nH]c1=O. The van der Waals surface area contributed by atoms with Crippen molar-refractivity contribution in [2.75, 3.05) is 5.32 Å². The van der Waals surface area contributed by atoms with E-state index in [0.29, 0.717) is 22.4 Å². The van der Waals surface area contributed by atoms with Crippen LogP contribution in [0.15, 0.2) is 22.1 Å². The van der Waals surface area contributed by atoms with E-state index in [9.17, 15) is 9.59 Å². The summed E-state index contributed by atoms with van der Waals surface area (Å²) >= 11 is 19.2. The third-order valence-electron chi connectivity index (χ3n) is 3.37. The van der Waals surface area contributed by atoms with Crippen LogP contribution in [0, 0.1) is 0 Å². The van der Waals surface area contributed by atoms with Gasteiger partial charge >= 0.3 is 5.69 Å². The minimum atomic E-state index is -0.515. The Hall–Kier alpha value is -1.15. The molecule has 0 aliphatic carbocycles. The van der Waals surface area contributed by atoms with E-state index < -0.39 is 5.25 Å². The van der Waals surface area contributed by atoms with Gasteiger partial charge in [-0.25, -0.2) is 9.89 Å². The molecule has 10 heteroatoms. The first-order valence-corrected chi connectivity index (χ1v) is 9.62. The third kappa shape index (κ3) is 5.17. The molecule has 0 spiro atoms. The number of nitrogens with zero attached hydrogens (tertiary/aromatic N) is 2. The Morgan fingerprint density at radius 2 is 2.00 bits per heavy atom. The van der Waals surface area contributed by atoms with Gasteiger partial charge in [0.05, 0.1) is 21.0 Å². The third-order valence-corrected chi connectivity index (χ3v) is 5.27. The van der Waals surface area contributed by atoms with Crippen LogP contribution in [-0.4, -0.2) is 25.9 Å². The number of nitrogens with one attached hydrogen (secondary N) is 2. The first kappa shape index (κ1) is 20.2. The van der Waals surface area contributed by atoms with Gasteiger partial charge in [0.2, 0.25) is 5.91 Å². The van der Waals surface area contributed by atoms with Crippen molar-refractivity contribution >= 4 is 58.2 Å². The Balaban J connectivity index is 2.10. The van der Waals surface area contributed by atoms with Crippen LogP contribution in [-0.2, 0) is 11.3 Å². The number of carbonyl (C=O) groups excluding carboxylic acids is 1. The van der Waals surface area contributed by atoms with Gasteiger partial charge in [-0.2, -0.15) is 0 Å². The summed E-state index contributed by atoms with van der Waals surface area (Å²) < 4.78 is 1.53. The summed E-state index contributed by atoms with van der Waals surface area (Å²) in [5, 5.41) is 9.92. The Morgan fingerprint density at radius 3 is 2.60 bits per heavy atom. The number of H-pyrrole nitrogens is 1. The molecule has 2 N–H and O–H groups in total. The molecule has 1 atom stereocenters. The molecular weight excluding hydrogens is 407 g/mol. The summed E-state index contributed by atoms with van der Waals surface area (Å²) in [5.74, 6) is -0.311. The largest absolute Gasteiger partial charge is 0.343 e. The molecule has 1 aromatic carbocycles. The number of carbonyl (C=O) groups is 1. The summed E-state index contributed by atoms with van der Waals surface area (Å²) in [6, 6.07) is 3.00. The van der Waals surface area contributed by atoms with Gasteiger partial charge in [-0.1, -0.05) is 59.9 Å². The van der Waals surface area contributed by atoms with Gasteiger partial charge in [-0.15, -0.1) is 5.10 Å². The van der Waals surface area contributed by atoms with Crippen LogP contribution in [0.25, 0.3) is 0 Å². The number of anilines is 1. The Kier molecular flexibility index (Phi) is 7.25. The maximum absolute atomic E-state index is 12.4. The van der Waals surface area contributed by atoms with E-state index in [2.05, 4.69) is 15.5 Å². The highest BCUT2D eigenvalue weighted by atomic mass is 35.5. The number of rotatable bonds is 7. The number of hydrogen-bond donors (Lipinski definition) is 2. The number of hydrogen-bond acceptors (Lipinski definition) is 4. The van der Waals surface area contributed by atoms with E-state index in [1.807, 2.05) is 6.92 Å². The molecule has 0 fully saturated rings. The first-order chi connectivity index (χ1) is 11.8. The van der Waals surface area contributed by atoms with Crippen molar-refractivity contribution in [3.8, 4) is 0 Å². The van der Waals surface area contributed by atoms with Crippen LogP contribution >= 0.6 is 46.6 Å². The van der Waals surface area contributed by atoms with Gasteiger partial charge in [0.15, 0.2) is 5.16 Å². The molecule has 2 rings (SSSR count). The van der Waals surface area contributed by atoms with Crippen molar-refractivity contribution in [2.24, 2.45) is 0 Å². The predicted octanol–water partition coefficient (Wildman–Crippen LogP) is 4.45. The summed E-state index contributed by atoms with van der Waals surface area (Å²) in [7, 11) is 0. The quantitative estimate of drug-likeness (QED) is 0.645. The first-order valence-electron chi connectivity index (χ1n) is 7.60. The highest BCUT2D eigenvalue weighted by Gasteiger charge is 2.21. The lowest BCUT2D eigenvalue weighted by Crippen LogP contribution is -2.24. The van der Waals surface area contributed by atoms with Crippen LogP contribution in [0.3, 0.4) is 0 Å². The standard InChI is InChI=1S/C15H17Cl3N4O2S/c1-3-4-5-22-14(24)20-21-15(22)25-8(2)13(23)19-12-10(17)6-9(16)7-11(12)18/h6-8H,3-5H2,1-2H3,(H,19,23)(H,20,24). The van der Waals surface area contributed by atoms with E-state index in [1.165, 1.54) is 28.5 Å². The van der Waals surface area contributed by atoms with E-state index in [-0.39, 0.29) is 21.6 Å². The van der Waals surface area contributed by atoms with Crippen molar-refractivity contribution in [1.29, 1.82) is 0 Å². The van der Waals surface area contributed by atoms with Crippen LogP contribution in [0.1, 0.15) is 26.7 Å². The van der Waals surface area contributed by atoms with Crippen LogP contribution < -0.4 is 11.0 Å². The molecule has 25 heavy (non-hydrogen) atoms. The van der Waals surface area contributed by atoms with Gasteiger partial charge in [0.25, 0.3) is 0 Å². The van der Waals surface area contributed by atoms with Gasteiger partial charge < -0.3 is 5.32 Å². The van der Waals surface area contributed by atoms with Gasteiger partial charge in [0, 0.05) is 11.6 Å². The molecule has 0 saturated carbocycles. The monoisotopic (exact) mass is 422 g/mol. The van der Waals surface area contributed by atoms with E-state index in [1.54, 1.807) is 6.92 Å². The van der Waals surface area contributed by atoms with Crippen molar-refractivity contribution in [3.63, 3.8) is 0 Å². The second kappa shape index (κ2) is 8.98. The molecule has 2 aromatic rings. The average Bonchev–Trinajstić information content (AvgIpc) is 2.88. The molecule has 1 aromatic heterocycles. The molecule has 0 aliphatic heterocycles. The highest BCUT2D eigenvalue weighted by molar-refractivity contribution is 8.00. The second-order valence-corrected chi connectivity index (χ2v) is 7.87. The average molecular weight is 424 g/mol. The van der Waals surface area contributed by atoms with Crippen molar-refractivity contribution in [3.05, 3.63) is 37.7 Å². The topological polar surface area (TPSA) is 79.8 Å². The molecule has 0 saturated heterocycles. The molecule has 1 heterocycles. The lowest BCUT2D eigenvalue weighted by Gasteiger charge is -2.14. The zero-order valence-electron chi connectivity index (χ0n) is 13.6. The van der Waals surface area contributed by atoms with Crippen LogP contribution in [0.5, 0.6) is 0 Å². The number of halogens is 3. The van der Waals surface area contributed by atoms with Crippen molar-refractivity contribution in [1.82, 2.24) is 14.8 Å². The molecule has 0 aliphatic rings. The van der Waals surface area contributed by atoms with Crippen molar-refractivity contribution < 1.29 is 4.79 Å². The summed E-state index contributed by atoms with van der Waals surface area (Å²) in [4.78, 5) is 24.2. The zero-order chi connectivity index (χ0) is 18.6. The second-order valence-electron chi connectivity index (χ2n) is 5.31. The van der Waals surface area contributed by atoms with Crippen LogP contribution in [0.4, 0.5) is 5.69 Å². The molecule has 1 amide bonds. The summed E-state index contributed by atoms with van der Waals surface area (Å²) in [6.07, 6.45) is 1.80. The molecule has 0 bridgehead atoms. The smallest absolute Gasteiger partial charge is 0.323 e. The lowest BCUT2D eigenvalue weighted by atomic mass is 10.3. The molecule has 0 radical (unpaired) electrons. The number of aromatic nitrogens is 3. The zero-order valence-corrected chi connectivity index (χ0v) is 16.7. The Bertz CT molecular complexity index is 798. The molecule has 1 unspecified atom stereocenters. The van der Waals surface area contributed by atoms with E-state index in [0.717, 1.165) is 12.8 Å². The van der Waals surface area contributed by atoms with Crippen molar-refractivity contribution in [2.45, 2.75) is 43.6 Å². The Morgan fingerprint density at radius 1 is 1.36 bits per heavy atom. The summed E-state index contributed by atoms with van der Waals surface area (Å²) in [5.41, 5.74) is 0.0166. The number of unbranched alkanes of at least 4 members (excludes halogenated alkanes) is 1. The van der Waals surface area contributed by atoms with Crippen LogP contribution in [0.2, 0.25) is 15.1 Å². The van der Waals surface area contributed by atoms with Gasteiger partial charge in [-0.3, -0.25) is 9.36 Å². The minimum absolute atomic E-state index is 0.252. The Labute approximate surface area is 164 Å². The molecule has 136 valence electrons. The summed E-state index contributed by atoms with van der Waals surface area (Å²) in [6.45, 7) is 4.30. The van der Waals surface area contributed by atoms with Gasteiger partial charge in [0.1, 0.15) is 0 Å².